The lowest BCUT2D eigenvalue weighted by Crippen LogP contribution is -2.37. The normalized spacial score (nSPS) is 14.1. The highest BCUT2D eigenvalue weighted by molar-refractivity contribution is 4.62. The van der Waals surface area contributed by atoms with Gasteiger partial charge in [0, 0.05) is 12.6 Å². The number of nitrogens with two attached hydrogens (primary N) is 1. The molecule has 4 N–H and O–H groups in total. The van der Waals surface area contributed by atoms with Crippen molar-refractivity contribution < 1.29 is 5.11 Å². The number of hydrogen-bond donors (Lipinski definition) is 3. The summed E-state index contributed by atoms with van der Waals surface area (Å²) in [4.78, 5) is 0. The summed E-state index contributed by atoms with van der Waals surface area (Å²) in [6.45, 7) is 6.00. The Hall–Kier alpha value is -0.120. The van der Waals surface area contributed by atoms with Crippen LogP contribution >= 0.6 is 0 Å². The van der Waals surface area contributed by atoms with Gasteiger partial charge in [-0.05, 0) is 12.5 Å². The zero-order valence-corrected chi connectivity index (χ0v) is 6.80. The molecule has 0 fully saturated rings. The molecule has 0 bridgehead atoms. The van der Waals surface area contributed by atoms with Crippen LogP contribution in [0.15, 0.2) is 0 Å². The van der Waals surface area contributed by atoms with Gasteiger partial charge < -0.3 is 16.2 Å². The van der Waals surface area contributed by atoms with E-state index >= 15 is 0 Å². The van der Waals surface area contributed by atoms with Crippen LogP contribution in [-0.2, 0) is 0 Å². The van der Waals surface area contributed by atoms with Crippen LogP contribution in [-0.4, -0.2) is 30.8 Å². The number of rotatable bonds is 5. The topological polar surface area (TPSA) is 58.3 Å². The van der Waals surface area contributed by atoms with E-state index in [0.717, 1.165) is 6.54 Å². The maximum atomic E-state index is 8.54. The number of nitrogens with one attached hydrogen (secondary N) is 1. The molecule has 62 valence electrons. The second-order valence-corrected chi connectivity index (χ2v) is 2.99. The van der Waals surface area contributed by atoms with Gasteiger partial charge in [0.25, 0.3) is 0 Å². The van der Waals surface area contributed by atoms with Gasteiger partial charge in [0.2, 0.25) is 0 Å². The van der Waals surface area contributed by atoms with Crippen molar-refractivity contribution in [3.63, 3.8) is 0 Å². The molecule has 0 aromatic carbocycles. The van der Waals surface area contributed by atoms with E-state index in [9.17, 15) is 0 Å². The van der Waals surface area contributed by atoms with E-state index in [1.54, 1.807) is 0 Å². The van der Waals surface area contributed by atoms with Gasteiger partial charge in [0.05, 0.1) is 6.61 Å². The Labute approximate surface area is 62.6 Å². The molecule has 1 atom stereocenters. The van der Waals surface area contributed by atoms with Crippen molar-refractivity contribution in [2.24, 2.45) is 11.7 Å². The maximum absolute atomic E-state index is 8.54. The van der Waals surface area contributed by atoms with Crippen LogP contribution in [0, 0.1) is 5.92 Å². The van der Waals surface area contributed by atoms with E-state index < -0.39 is 0 Å². The van der Waals surface area contributed by atoms with Crippen molar-refractivity contribution in [1.82, 2.24) is 5.32 Å². The quantitative estimate of drug-likeness (QED) is 0.492. The molecule has 0 saturated carbocycles. The molecule has 0 rings (SSSR count). The highest BCUT2D eigenvalue weighted by atomic mass is 16.3. The minimum Gasteiger partial charge on any atom is -0.395 e. The van der Waals surface area contributed by atoms with E-state index in [4.69, 9.17) is 10.8 Å². The first-order chi connectivity index (χ1) is 4.66. The molecule has 3 heteroatoms. The van der Waals surface area contributed by atoms with Crippen LogP contribution in [0.1, 0.15) is 13.8 Å². The van der Waals surface area contributed by atoms with Gasteiger partial charge in [-0.15, -0.1) is 0 Å². The molecule has 0 aromatic heterocycles. The Kier molecular flexibility index (Phi) is 5.58. The molecule has 0 radical (unpaired) electrons. The second kappa shape index (κ2) is 5.65. The smallest absolute Gasteiger partial charge is 0.0594 e. The van der Waals surface area contributed by atoms with Crippen molar-refractivity contribution in [1.29, 1.82) is 0 Å². The standard InChI is InChI=1S/C7H18N2O/c1-6(2)3-9-4-7(8)5-10/h6-7,9-10H,3-5,8H2,1-2H3. The van der Waals surface area contributed by atoms with Crippen molar-refractivity contribution in [2.75, 3.05) is 19.7 Å². The fraction of sp³-hybridized carbons (Fsp3) is 1.00. The number of aliphatic hydroxyl groups excluding tert-OH is 1. The SMILES string of the molecule is CC(C)CNCC(N)CO. The van der Waals surface area contributed by atoms with Crippen molar-refractivity contribution >= 4 is 0 Å². The molecule has 0 aromatic rings. The predicted octanol–water partition coefficient (Wildman–Crippen LogP) is -0.448. The minimum absolute atomic E-state index is 0.0606. The lowest BCUT2D eigenvalue weighted by atomic mass is 10.2. The molecule has 1 unspecified atom stereocenters. The summed E-state index contributed by atoms with van der Waals surface area (Å²) in [7, 11) is 0. The van der Waals surface area contributed by atoms with Gasteiger partial charge in [-0.25, -0.2) is 0 Å². The van der Waals surface area contributed by atoms with Gasteiger partial charge in [-0.2, -0.15) is 0 Å². The maximum Gasteiger partial charge on any atom is 0.0594 e. The molecule has 0 aliphatic heterocycles. The first-order valence-electron chi connectivity index (χ1n) is 3.74. The molecule has 0 amide bonds. The number of aliphatic hydroxyl groups is 1. The van der Waals surface area contributed by atoms with Crippen molar-refractivity contribution in [3.8, 4) is 0 Å². The third-order valence-corrected chi connectivity index (χ3v) is 1.19. The lowest BCUT2D eigenvalue weighted by Gasteiger charge is -2.10. The van der Waals surface area contributed by atoms with Crippen molar-refractivity contribution in [2.45, 2.75) is 19.9 Å². The van der Waals surface area contributed by atoms with E-state index in [-0.39, 0.29) is 12.6 Å². The van der Waals surface area contributed by atoms with Gasteiger partial charge in [0.1, 0.15) is 0 Å². The Morgan fingerprint density at radius 3 is 2.40 bits per heavy atom. The molecule has 0 aliphatic rings. The van der Waals surface area contributed by atoms with Crippen LogP contribution in [0.5, 0.6) is 0 Å². The summed E-state index contributed by atoms with van der Waals surface area (Å²) < 4.78 is 0. The lowest BCUT2D eigenvalue weighted by molar-refractivity contribution is 0.261. The molecule has 0 heterocycles. The van der Waals surface area contributed by atoms with Gasteiger partial charge in [-0.3, -0.25) is 0 Å². The Balaban J connectivity index is 3.03. The molecule has 0 saturated heterocycles. The van der Waals surface area contributed by atoms with Crippen molar-refractivity contribution in [3.05, 3.63) is 0 Å². The highest BCUT2D eigenvalue weighted by Crippen LogP contribution is 1.86. The zero-order valence-electron chi connectivity index (χ0n) is 6.80. The molecule has 3 nitrogen and oxygen atoms in total. The van der Waals surface area contributed by atoms with E-state index in [2.05, 4.69) is 19.2 Å². The zero-order chi connectivity index (χ0) is 7.98. The highest BCUT2D eigenvalue weighted by Gasteiger charge is 1.98. The molecular weight excluding hydrogens is 128 g/mol. The summed E-state index contributed by atoms with van der Waals surface area (Å²) in [5.74, 6) is 0.644. The Morgan fingerprint density at radius 2 is 2.00 bits per heavy atom. The van der Waals surface area contributed by atoms with Crippen LogP contribution in [0.3, 0.4) is 0 Å². The molecule has 10 heavy (non-hydrogen) atoms. The van der Waals surface area contributed by atoms with Gasteiger partial charge in [0.15, 0.2) is 0 Å². The van der Waals surface area contributed by atoms with Gasteiger partial charge >= 0.3 is 0 Å². The van der Waals surface area contributed by atoms with Crippen LogP contribution < -0.4 is 11.1 Å². The number of hydrogen-bond acceptors (Lipinski definition) is 3. The monoisotopic (exact) mass is 146 g/mol. The van der Waals surface area contributed by atoms with Crippen LogP contribution in [0.25, 0.3) is 0 Å². The summed E-state index contributed by atoms with van der Waals surface area (Å²) in [5, 5.41) is 11.7. The minimum atomic E-state index is -0.112. The Morgan fingerprint density at radius 1 is 1.40 bits per heavy atom. The molecule has 0 spiro atoms. The first-order valence-corrected chi connectivity index (χ1v) is 3.74. The van der Waals surface area contributed by atoms with Crippen LogP contribution in [0.4, 0.5) is 0 Å². The third kappa shape index (κ3) is 6.01. The fourth-order valence-electron chi connectivity index (χ4n) is 0.622. The fourth-order valence-corrected chi connectivity index (χ4v) is 0.622. The van der Waals surface area contributed by atoms with Gasteiger partial charge in [-0.1, -0.05) is 13.8 Å². The second-order valence-electron chi connectivity index (χ2n) is 2.99. The Bertz CT molecular complexity index is 76.0. The molecular formula is C7H18N2O. The molecule has 0 aliphatic carbocycles. The average molecular weight is 146 g/mol. The first kappa shape index (κ1) is 9.88. The van der Waals surface area contributed by atoms with E-state index in [1.807, 2.05) is 0 Å². The average Bonchev–Trinajstić information content (AvgIpc) is 1.87. The summed E-state index contributed by atoms with van der Waals surface area (Å²) in [5.41, 5.74) is 5.45. The summed E-state index contributed by atoms with van der Waals surface area (Å²) >= 11 is 0. The summed E-state index contributed by atoms with van der Waals surface area (Å²) in [6.07, 6.45) is 0. The predicted molar refractivity (Wildman–Crippen MR) is 42.8 cm³/mol. The third-order valence-electron chi connectivity index (χ3n) is 1.19. The van der Waals surface area contributed by atoms with Crippen LogP contribution in [0.2, 0.25) is 0 Å². The van der Waals surface area contributed by atoms with E-state index in [0.29, 0.717) is 12.5 Å². The van der Waals surface area contributed by atoms with E-state index in [1.165, 1.54) is 0 Å². The largest absolute Gasteiger partial charge is 0.395 e. The summed E-state index contributed by atoms with van der Waals surface area (Å²) in [6, 6.07) is -0.112.